The molecule has 0 aliphatic heterocycles. The zero-order chi connectivity index (χ0) is 21.2. The number of allylic oxidation sites excluding steroid dienone is 4. The van der Waals surface area contributed by atoms with E-state index >= 15 is 0 Å². The van der Waals surface area contributed by atoms with E-state index in [0.717, 1.165) is 22.3 Å². The quantitative estimate of drug-likeness (QED) is 0.392. The first-order valence-corrected chi connectivity index (χ1v) is 9.85. The molecule has 0 amide bonds. The fraction of sp³-hybridized carbons (Fsp3) is 0.185. The molecule has 0 radical (unpaired) electrons. The van der Waals surface area contributed by atoms with Crippen LogP contribution < -0.4 is 0 Å². The third-order valence-corrected chi connectivity index (χ3v) is 4.58. The summed E-state index contributed by atoms with van der Waals surface area (Å²) >= 11 is 0. The van der Waals surface area contributed by atoms with E-state index in [0.29, 0.717) is 6.42 Å². The number of aryl methyl sites for hydroxylation is 2. The molecule has 0 nitrogen and oxygen atoms in total. The second-order valence-electron chi connectivity index (χ2n) is 6.92. The van der Waals surface area contributed by atoms with Crippen LogP contribution in [0.15, 0.2) is 90.8 Å². The Morgan fingerprint density at radius 1 is 0.759 bits per heavy atom. The van der Waals surface area contributed by atoms with Gasteiger partial charge in [-0.05, 0) is 67.7 Å². The fourth-order valence-electron chi connectivity index (χ4n) is 2.90. The van der Waals surface area contributed by atoms with Crippen LogP contribution in [-0.4, -0.2) is 0 Å². The molecule has 0 saturated heterocycles. The molecule has 0 saturated carbocycles. The Hall–Kier alpha value is -3.00. The molecule has 29 heavy (non-hydrogen) atoms. The standard InChI is InChI=1S/C14H17F.C13H11F/c1-4-6-14(15)13(5-2)12-9-7-11(3)8-10-12;1-10-2-4-11(5-3-10)12-6-8-13(14)9-7-12/h4,6-10H,5H2,1-3H3;2-9H,1H3/b6-4-,14-13-;. The molecule has 3 aromatic rings. The van der Waals surface area contributed by atoms with Crippen LogP contribution in [0.1, 0.15) is 37.0 Å². The predicted octanol–water partition coefficient (Wildman–Crippen LogP) is 8.46. The molecular weight excluding hydrogens is 362 g/mol. The van der Waals surface area contributed by atoms with Gasteiger partial charge < -0.3 is 0 Å². The van der Waals surface area contributed by atoms with Crippen molar-refractivity contribution in [2.45, 2.75) is 34.1 Å². The Morgan fingerprint density at radius 3 is 1.66 bits per heavy atom. The molecule has 0 aliphatic carbocycles. The Balaban J connectivity index is 0.000000207. The first kappa shape index (κ1) is 22.3. The van der Waals surface area contributed by atoms with Crippen molar-refractivity contribution in [3.8, 4) is 11.1 Å². The van der Waals surface area contributed by atoms with Crippen molar-refractivity contribution in [2.24, 2.45) is 0 Å². The Bertz CT molecular complexity index is 901. The molecule has 0 fully saturated rings. The van der Waals surface area contributed by atoms with Gasteiger partial charge in [0, 0.05) is 0 Å². The van der Waals surface area contributed by atoms with Crippen molar-refractivity contribution >= 4 is 5.57 Å². The average molecular weight is 391 g/mol. The highest BCUT2D eigenvalue weighted by Gasteiger charge is 2.04. The monoisotopic (exact) mass is 390 g/mol. The van der Waals surface area contributed by atoms with Gasteiger partial charge >= 0.3 is 0 Å². The molecule has 0 aromatic heterocycles. The molecule has 0 heterocycles. The van der Waals surface area contributed by atoms with Crippen molar-refractivity contribution in [1.29, 1.82) is 0 Å². The summed E-state index contributed by atoms with van der Waals surface area (Å²) in [6, 6.07) is 22.7. The Kier molecular flexibility index (Phi) is 8.54. The maximum absolute atomic E-state index is 13.6. The number of benzene rings is 3. The van der Waals surface area contributed by atoms with Crippen molar-refractivity contribution in [2.75, 3.05) is 0 Å². The summed E-state index contributed by atoms with van der Waals surface area (Å²) in [5.74, 6) is -0.329. The summed E-state index contributed by atoms with van der Waals surface area (Å²) in [7, 11) is 0. The number of hydrogen-bond acceptors (Lipinski definition) is 0. The van der Waals surface area contributed by atoms with E-state index in [9.17, 15) is 8.78 Å². The van der Waals surface area contributed by atoms with Gasteiger partial charge in [0.15, 0.2) is 0 Å². The zero-order valence-electron chi connectivity index (χ0n) is 17.5. The minimum absolute atomic E-state index is 0.135. The molecule has 3 aromatic carbocycles. The second kappa shape index (κ2) is 11.1. The van der Waals surface area contributed by atoms with Crippen LogP contribution in [0, 0.1) is 19.7 Å². The van der Waals surface area contributed by atoms with Crippen molar-refractivity contribution in [3.63, 3.8) is 0 Å². The van der Waals surface area contributed by atoms with E-state index in [1.807, 2.05) is 57.2 Å². The molecule has 2 heteroatoms. The van der Waals surface area contributed by atoms with E-state index < -0.39 is 0 Å². The lowest BCUT2D eigenvalue weighted by Crippen LogP contribution is -1.86. The first-order chi connectivity index (χ1) is 13.9. The van der Waals surface area contributed by atoms with Gasteiger partial charge in [-0.2, -0.15) is 0 Å². The topological polar surface area (TPSA) is 0 Å². The molecule has 150 valence electrons. The highest BCUT2D eigenvalue weighted by molar-refractivity contribution is 5.69. The largest absolute Gasteiger partial charge is 0.207 e. The summed E-state index contributed by atoms with van der Waals surface area (Å²) < 4.78 is 26.3. The highest BCUT2D eigenvalue weighted by atomic mass is 19.1. The summed E-state index contributed by atoms with van der Waals surface area (Å²) in [6.45, 7) is 7.87. The number of rotatable bonds is 4. The van der Waals surface area contributed by atoms with Crippen molar-refractivity contribution < 1.29 is 8.78 Å². The fourth-order valence-corrected chi connectivity index (χ4v) is 2.90. The molecule has 0 atom stereocenters. The van der Waals surface area contributed by atoms with Gasteiger partial charge in [0.2, 0.25) is 0 Å². The van der Waals surface area contributed by atoms with Crippen LogP contribution in [0.4, 0.5) is 8.78 Å². The third-order valence-electron chi connectivity index (χ3n) is 4.58. The molecular formula is C27H28F2. The maximum Gasteiger partial charge on any atom is 0.126 e. The lowest BCUT2D eigenvalue weighted by atomic mass is 10.0. The Morgan fingerprint density at radius 2 is 1.21 bits per heavy atom. The van der Waals surface area contributed by atoms with Gasteiger partial charge in [-0.3, -0.25) is 0 Å². The molecule has 0 aliphatic rings. The van der Waals surface area contributed by atoms with Gasteiger partial charge in [0.05, 0.1) is 0 Å². The second-order valence-corrected chi connectivity index (χ2v) is 6.92. The summed E-state index contributed by atoms with van der Waals surface area (Å²) in [4.78, 5) is 0. The van der Waals surface area contributed by atoms with Crippen LogP contribution in [-0.2, 0) is 0 Å². The highest BCUT2D eigenvalue weighted by Crippen LogP contribution is 2.24. The van der Waals surface area contributed by atoms with Crippen molar-refractivity contribution in [3.05, 3.63) is 113 Å². The van der Waals surface area contributed by atoms with E-state index in [-0.39, 0.29) is 11.6 Å². The van der Waals surface area contributed by atoms with Crippen LogP contribution in [0.2, 0.25) is 0 Å². The normalized spacial score (nSPS) is 11.7. The van der Waals surface area contributed by atoms with E-state index in [2.05, 4.69) is 19.1 Å². The summed E-state index contributed by atoms with van der Waals surface area (Å²) in [5, 5.41) is 0. The first-order valence-electron chi connectivity index (χ1n) is 9.85. The number of hydrogen-bond donors (Lipinski definition) is 0. The molecule has 0 unspecified atom stereocenters. The average Bonchev–Trinajstić information content (AvgIpc) is 2.72. The van der Waals surface area contributed by atoms with E-state index in [1.165, 1.54) is 29.3 Å². The zero-order valence-corrected chi connectivity index (χ0v) is 17.5. The van der Waals surface area contributed by atoms with E-state index in [4.69, 9.17) is 0 Å². The van der Waals surface area contributed by atoms with Gasteiger partial charge in [0.25, 0.3) is 0 Å². The molecule has 0 N–H and O–H groups in total. The smallest absolute Gasteiger partial charge is 0.126 e. The number of halogens is 2. The van der Waals surface area contributed by atoms with Crippen LogP contribution in [0.25, 0.3) is 16.7 Å². The lowest BCUT2D eigenvalue weighted by molar-refractivity contribution is 0.628. The van der Waals surface area contributed by atoms with Gasteiger partial charge in [0.1, 0.15) is 11.6 Å². The van der Waals surface area contributed by atoms with Gasteiger partial charge in [-0.15, -0.1) is 0 Å². The maximum atomic E-state index is 13.6. The lowest BCUT2D eigenvalue weighted by Gasteiger charge is -2.06. The van der Waals surface area contributed by atoms with Crippen LogP contribution in [0.3, 0.4) is 0 Å². The molecule has 3 rings (SSSR count). The van der Waals surface area contributed by atoms with Gasteiger partial charge in [-0.25, -0.2) is 8.78 Å². The minimum atomic E-state index is -0.194. The Labute approximate surface area is 173 Å². The van der Waals surface area contributed by atoms with Crippen LogP contribution in [0.5, 0.6) is 0 Å². The molecule has 0 bridgehead atoms. The van der Waals surface area contributed by atoms with Gasteiger partial charge in [-0.1, -0.05) is 84.8 Å². The van der Waals surface area contributed by atoms with Crippen LogP contribution >= 0.6 is 0 Å². The predicted molar refractivity (Wildman–Crippen MR) is 121 cm³/mol. The summed E-state index contributed by atoms with van der Waals surface area (Å²) in [6.07, 6.45) is 3.94. The van der Waals surface area contributed by atoms with E-state index in [1.54, 1.807) is 18.2 Å². The minimum Gasteiger partial charge on any atom is -0.207 e. The van der Waals surface area contributed by atoms with Crippen molar-refractivity contribution in [1.82, 2.24) is 0 Å². The molecule has 0 spiro atoms. The SMILES string of the molecule is C/C=C\C(F)=C(/CC)c1ccc(C)cc1.Cc1ccc(-c2ccc(F)cc2)cc1. The summed E-state index contributed by atoms with van der Waals surface area (Å²) in [5.41, 5.74) is 6.34. The third kappa shape index (κ3) is 6.83.